The minimum atomic E-state index is -0.603. The Bertz CT molecular complexity index is 763. The standard InChI is InChI=1S/C22H30N2O4.ClH/c1-22(2,3)24-20(26)15-28-21-17(11-8-12-19(21)27-4)13-23-14-18(25)16-9-6-5-7-10-16;/h5-12,18,23,25H,13-15H2,1-4H3,(H,24,26);1H. The Morgan fingerprint density at radius 2 is 1.79 bits per heavy atom. The van der Waals surface area contributed by atoms with Gasteiger partial charge in [0.15, 0.2) is 18.1 Å². The average Bonchev–Trinajstić information content (AvgIpc) is 2.65. The molecule has 7 heteroatoms. The van der Waals surface area contributed by atoms with E-state index < -0.39 is 6.10 Å². The van der Waals surface area contributed by atoms with Crippen LogP contribution in [0, 0.1) is 0 Å². The molecule has 2 aromatic carbocycles. The lowest BCUT2D eigenvalue weighted by atomic mass is 10.1. The zero-order valence-electron chi connectivity index (χ0n) is 17.4. The van der Waals surface area contributed by atoms with Crippen LogP contribution in [0.4, 0.5) is 0 Å². The molecule has 0 radical (unpaired) electrons. The molecule has 2 rings (SSSR count). The summed E-state index contributed by atoms with van der Waals surface area (Å²) in [7, 11) is 1.56. The quantitative estimate of drug-likeness (QED) is 0.578. The van der Waals surface area contributed by atoms with Crippen molar-refractivity contribution in [3.63, 3.8) is 0 Å². The molecular weight excluding hydrogens is 392 g/mol. The van der Waals surface area contributed by atoms with Crippen molar-refractivity contribution in [3.8, 4) is 11.5 Å². The Kier molecular flexibility index (Phi) is 9.95. The molecule has 1 unspecified atom stereocenters. The molecule has 1 atom stereocenters. The van der Waals surface area contributed by atoms with Crippen molar-refractivity contribution < 1.29 is 19.4 Å². The van der Waals surface area contributed by atoms with E-state index in [-0.39, 0.29) is 30.5 Å². The molecule has 0 saturated carbocycles. The van der Waals surface area contributed by atoms with Gasteiger partial charge in [0.1, 0.15) is 0 Å². The number of halogens is 1. The minimum absolute atomic E-state index is 0. The summed E-state index contributed by atoms with van der Waals surface area (Å²) >= 11 is 0. The number of methoxy groups -OCH3 is 1. The van der Waals surface area contributed by atoms with Gasteiger partial charge in [0.2, 0.25) is 0 Å². The van der Waals surface area contributed by atoms with Crippen molar-refractivity contribution in [1.82, 2.24) is 10.6 Å². The van der Waals surface area contributed by atoms with Crippen LogP contribution in [0.15, 0.2) is 48.5 Å². The summed E-state index contributed by atoms with van der Waals surface area (Å²) in [4.78, 5) is 12.1. The summed E-state index contributed by atoms with van der Waals surface area (Å²) in [6.07, 6.45) is -0.603. The van der Waals surface area contributed by atoms with Gasteiger partial charge in [-0.2, -0.15) is 0 Å². The molecule has 160 valence electrons. The van der Waals surface area contributed by atoms with Gasteiger partial charge in [0.25, 0.3) is 5.91 Å². The highest BCUT2D eigenvalue weighted by Gasteiger charge is 2.17. The Hall–Kier alpha value is -2.28. The average molecular weight is 423 g/mol. The van der Waals surface area contributed by atoms with E-state index in [1.807, 2.05) is 63.2 Å². The van der Waals surface area contributed by atoms with Crippen LogP contribution < -0.4 is 20.1 Å². The lowest BCUT2D eigenvalue weighted by molar-refractivity contribution is -0.124. The first-order valence-corrected chi connectivity index (χ1v) is 9.33. The second kappa shape index (κ2) is 11.7. The van der Waals surface area contributed by atoms with Crippen molar-refractivity contribution in [1.29, 1.82) is 0 Å². The van der Waals surface area contributed by atoms with Crippen LogP contribution in [-0.4, -0.2) is 36.8 Å². The van der Waals surface area contributed by atoms with Crippen LogP contribution in [0.25, 0.3) is 0 Å². The van der Waals surface area contributed by atoms with Crippen LogP contribution in [0.3, 0.4) is 0 Å². The molecule has 0 aromatic heterocycles. The maximum absolute atomic E-state index is 12.1. The van der Waals surface area contributed by atoms with E-state index in [1.165, 1.54) is 0 Å². The molecular formula is C22H31ClN2O4. The van der Waals surface area contributed by atoms with E-state index in [1.54, 1.807) is 13.2 Å². The van der Waals surface area contributed by atoms with Crippen molar-refractivity contribution in [2.75, 3.05) is 20.3 Å². The lowest BCUT2D eigenvalue weighted by Gasteiger charge is -2.21. The first-order valence-electron chi connectivity index (χ1n) is 9.33. The topological polar surface area (TPSA) is 79.8 Å². The van der Waals surface area contributed by atoms with E-state index in [9.17, 15) is 9.90 Å². The van der Waals surface area contributed by atoms with Crippen molar-refractivity contribution in [2.45, 2.75) is 39.0 Å². The van der Waals surface area contributed by atoms with Gasteiger partial charge < -0.3 is 25.2 Å². The van der Waals surface area contributed by atoms with Gasteiger partial charge in [-0.15, -0.1) is 12.4 Å². The Labute approximate surface area is 179 Å². The summed E-state index contributed by atoms with van der Waals surface area (Å²) < 4.78 is 11.2. The molecule has 0 bridgehead atoms. The first kappa shape index (κ1) is 24.8. The maximum atomic E-state index is 12.1. The molecule has 0 aliphatic carbocycles. The number of nitrogens with one attached hydrogen (secondary N) is 2. The number of rotatable bonds is 9. The van der Waals surface area contributed by atoms with Gasteiger partial charge in [-0.1, -0.05) is 42.5 Å². The van der Waals surface area contributed by atoms with E-state index >= 15 is 0 Å². The number of amides is 1. The molecule has 0 saturated heterocycles. The number of hydrogen-bond acceptors (Lipinski definition) is 5. The van der Waals surface area contributed by atoms with Crippen LogP contribution >= 0.6 is 12.4 Å². The maximum Gasteiger partial charge on any atom is 0.258 e. The van der Waals surface area contributed by atoms with Gasteiger partial charge >= 0.3 is 0 Å². The first-order chi connectivity index (χ1) is 13.3. The van der Waals surface area contributed by atoms with E-state index in [2.05, 4.69) is 10.6 Å². The number of carbonyl (C=O) groups is 1. The second-order valence-electron chi connectivity index (χ2n) is 7.59. The predicted molar refractivity (Wildman–Crippen MR) is 117 cm³/mol. The molecule has 29 heavy (non-hydrogen) atoms. The summed E-state index contributed by atoms with van der Waals surface area (Å²) in [5.41, 5.74) is 1.39. The number of hydrogen-bond donors (Lipinski definition) is 3. The third-order valence-corrected chi connectivity index (χ3v) is 3.98. The van der Waals surface area contributed by atoms with E-state index in [0.29, 0.717) is 24.6 Å². The van der Waals surface area contributed by atoms with Gasteiger partial charge in [-0.25, -0.2) is 0 Å². The molecule has 0 spiro atoms. The smallest absolute Gasteiger partial charge is 0.258 e. The Morgan fingerprint density at radius 1 is 1.10 bits per heavy atom. The summed E-state index contributed by atoms with van der Waals surface area (Å²) in [6.45, 7) is 6.52. The SMILES string of the molecule is COc1cccc(CNCC(O)c2ccccc2)c1OCC(=O)NC(C)(C)C.Cl. The van der Waals surface area contributed by atoms with Gasteiger partial charge in [0.05, 0.1) is 13.2 Å². The summed E-state index contributed by atoms with van der Waals surface area (Å²) in [6, 6.07) is 15.1. The zero-order valence-corrected chi connectivity index (χ0v) is 18.2. The number of benzene rings is 2. The van der Waals surface area contributed by atoms with Crippen LogP contribution in [-0.2, 0) is 11.3 Å². The number of aliphatic hydroxyl groups excluding tert-OH is 1. The number of carbonyl (C=O) groups excluding carboxylic acids is 1. The van der Waals surface area contributed by atoms with E-state index in [0.717, 1.165) is 11.1 Å². The number of ether oxygens (including phenoxy) is 2. The fourth-order valence-electron chi connectivity index (χ4n) is 2.75. The fourth-order valence-corrected chi connectivity index (χ4v) is 2.75. The monoisotopic (exact) mass is 422 g/mol. The molecule has 0 heterocycles. The van der Waals surface area contributed by atoms with Gasteiger partial charge in [-0.05, 0) is 32.4 Å². The molecule has 3 N–H and O–H groups in total. The lowest BCUT2D eigenvalue weighted by Crippen LogP contribution is -2.43. The molecule has 1 amide bonds. The molecule has 2 aromatic rings. The number of aliphatic hydroxyl groups is 1. The molecule has 6 nitrogen and oxygen atoms in total. The second-order valence-corrected chi connectivity index (χ2v) is 7.59. The fraction of sp³-hybridized carbons (Fsp3) is 0.409. The molecule has 0 fully saturated rings. The van der Waals surface area contributed by atoms with E-state index in [4.69, 9.17) is 9.47 Å². The minimum Gasteiger partial charge on any atom is -0.493 e. The summed E-state index contributed by atoms with van der Waals surface area (Å²) in [5.74, 6) is 0.888. The zero-order chi connectivity index (χ0) is 20.6. The number of para-hydroxylation sites is 1. The third kappa shape index (κ3) is 8.31. The van der Waals surface area contributed by atoms with Gasteiger partial charge in [-0.3, -0.25) is 4.79 Å². The highest BCUT2D eigenvalue weighted by Crippen LogP contribution is 2.31. The van der Waals surface area contributed by atoms with Gasteiger partial charge in [0, 0.05) is 24.2 Å². The third-order valence-electron chi connectivity index (χ3n) is 3.98. The normalized spacial score (nSPS) is 11.9. The van der Waals surface area contributed by atoms with Crippen LogP contribution in [0.1, 0.15) is 38.0 Å². The van der Waals surface area contributed by atoms with Crippen LogP contribution in [0.5, 0.6) is 11.5 Å². The molecule has 0 aliphatic rings. The largest absolute Gasteiger partial charge is 0.493 e. The highest BCUT2D eigenvalue weighted by molar-refractivity contribution is 5.85. The Morgan fingerprint density at radius 3 is 2.41 bits per heavy atom. The molecule has 0 aliphatic heterocycles. The van der Waals surface area contributed by atoms with Crippen molar-refractivity contribution in [2.24, 2.45) is 0 Å². The summed E-state index contributed by atoms with van der Waals surface area (Å²) in [5, 5.41) is 16.4. The van der Waals surface area contributed by atoms with Crippen molar-refractivity contribution in [3.05, 3.63) is 59.7 Å². The predicted octanol–water partition coefficient (Wildman–Crippen LogP) is 3.23. The van der Waals surface area contributed by atoms with Crippen LogP contribution in [0.2, 0.25) is 0 Å². The Balaban J connectivity index is 0.00000420. The van der Waals surface area contributed by atoms with Crippen molar-refractivity contribution >= 4 is 18.3 Å². The highest BCUT2D eigenvalue weighted by atomic mass is 35.5.